The minimum atomic E-state index is -0.266. The van der Waals surface area contributed by atoms with E-state index in [1.54, 1.807) is 30.3 Å². The molecule has 0 aliphatic heterocycles. The van der Waals surface area contributed by atoms with Crippen molar-refractivity contribution >= 4 is 23.4 Å². The minimum Gasteiger partial charge on any atom is -0.350 e. The van der Waals surface area contributed by atoms with Crippen LogP contribution in [0.15, 0.2) is 42.5 Å². The molecule has 0 aromatic heterocycles. The molecule has 2 aromatic carbocycles. The fourth-order valence-corrected chi connectivity index (χ4v) is 2.38. The monoisotopic (exact) mass is 353 g/mol. The van der Waals surface area contributed by atoms with Gasteiger partial charge in [-0.3, -0.25) is 14.4 Å². The van der Waals surface area contributed by atoms with E-state index in [0.29, 0.717) is 29.9 Å². The minimum absolute atomic E-state index is 0.171. The quantitative estimate of drug-likeness (QED) is 0.697. The molecule has 0 aliphatic rings. The zero-order chi connectivity index (χ0) is 19.1. The van der Waals surface area contributed by atoms with Crippen LogP contribution in [0.3, 0.4) is 0 Å². The van der Waals surface area contributed by atoms with Gasteiger partial charge in [0.25, 0.3) is 11.8 Å². The molecule has 0 saturated carbocycles. The molecule has 0 saturated heterocycles. The molecular weight excluding hydrogens is 330 g/mol. The molecular formula is C20H23N3O3. The van der Waals surface area contributed by atoms with Crippen LogP contribution in [0.5, 0.6) is 0 Å². The Morgan fingerprint density at radius 2 is 1.42 bits per heavy atom. The summed E-state index contributed by atoms with van der Waals surface area (Å²) in [5.41, 5.74) is 3.80. The Hall–Kier alpha value is -3.15. The summed E-state index contributed by atoms with van der Waals surface area (Å²) in [6.07, 6.45) is 0. The van der Waals surface area contributed by atoms with Gasteiger partial charge in [-0.05, 0) is 55.3 Å². The Kier molecular flexibility index (Phi) is 6.49. The molecule has 0 bridgehead atoms. The Morgan fingerprint density at radius 1 is 0.808 bits per heavy atom. The van der Waals surface area contributed by atoms with Crippen molar-refractivity contribution in [2.24, 2.45) is 0 Å². The molecule has 0 radical (unpaired) electrons. The van der Waals surface area contributed by atoms with Gasteiger partial charge in [0.2, 0.25) is 5.91 Å². The van der Waals surface area contributed by atoms with Crippen molar-refractivity contribution in [3.05, 3.63) is 64.7 Å². The van der Waals surface area contributed by atoms with E-state index < -0.39 is 0 Å². The summed E-state index contributed by atoms with van der Waals surface area (Å²) < 4.78 is 0. The molecule has 26 heavy (non-hydrogen) atoms. The highest BCUT2D eigenvalue weighted by atomic mass is 16.2. The number of carbonyl (C=O) groups excluding carboxylic acids is 3. The van der Waals surface area contributed by atoms with Gasteiger partial charge in [-0.2, -0.15) is 0 Å². The molecule has 2 aromatic rings. The first-order chi connectivity index (χ1) is 12.4. The topological polar surface area (TPSA) is 87.3 Å². The number of nitrogens with one attached hydrogen (secondary N) is 3. The summed E-state index contributed by atoms with van der Waals surface area (Å²) in [7, 11) is 0. The Morgan fingerprint density at radius 3 is 2.00 bits per heavy atom. The average molecular weight is 353 g/mol. The lowest BCUT2D eigenvalue weighted by Crippen LogP contribution is -2.34. The van der Waals surface area contributed by atoms with Gasteiger partial charge in [-0.25, -0.2) is 0 Å². The van der Waals surface area contributed by atoms with E-state index in [1.165, 1.54) is 6.92 Å². The molecule has 136 valence electrons. The fourth-order valence-electron chi connectivity index (χ4n) is 2.38. The number of carbonyl (C=O) groups is 3. The van der Waals surface area contributed by atoms with Crippen LogP contribution in [0.1, 0.15) is 38.8 Å². The molecule has 0 atom stereocenters. The van der Waals surface area contributed by atoms with Gasteiger partial charge >= 0.3 is 0 Å². The van der Waals surface area contributed by atoms with E-state index in [1.807, 2.05) is 26.0 Å². The van der Waals surface area contributed by atoms with Crippen molar-refractivity contribution in [1.29, 1.82) is 0 Å². The molecule has 0 heterocycles. The maximum Gasteiger partial charge on any atom is 0.251 e. The van der Waals surface area contributed by atoms with Crippen molar-refractivity contribution < 1.29 is 14.4 Å². The number of hydrogen-bond donors (Lipinski definition) is 3. The van der Waals surface area contributed by atoms with E-state index >= 15 is 0 Å². The Labute approximate surface area is 153 Å². The standard InChI is InChI=1S/C20H23N3O3/c1-13-7-8-17(11-14(13)2)20(26)22-10-9-21-19(25)16-5-4-6-18(12-16)23-15(3)24/h4-8,11-12H,9-10H2,1-3H3,(H,21,25)(H,22,26)(H,23,24). The van der Waals surface area contributed by atoms with Gasteiger partial charge < -0.3 is 16.0 Å². The highest BCUT2D eigenvalue weighted by Crippen LogP contribution is 2.11. The van der Waals surface area contributed by atoms with Gasteiger partial charge in [-0.15, -0.1) is 0 Å². The van der Waals surface area contributed by atoms with E-state index in [4.69, 9.17) is 0 Å². The van der Waals surface area contributed by atoms with Gasteiger partial charge in [0.1, 0.15) is 0 Å². The number of hydrogen-bond acceptors (Lipinski definition) is 3. The Bertz CT molecular complexity index is 831. The van der Waals surface area contributed by atoms with Crippen molar-refractivity contribution in [1.82, 2.24) is 10.6 Å². The van der Waals surface area contributed by atoms with Crippen molar-refractivity contribution in [2.45, 2.75) is 20.8 Å². The third kappa shape index (κ3) is 5.44. The van der Waals surface area contributed by atoms with Crippen LogP contribution in [0.25, 0.3) is 0 Å². The summed E-state index contributed by atoms with van der Waals surface area (Å²) in [5.74, 6) is -0.635. The second kappa shape index (κ2) is 8.80. The number of rotatable bonds is 6. The highest BCUT2D eigenvalue weighted by molar-refractivity contribution is 5.97. The van der Waals surface area contributed by atoms with Crippen LogP contribution in [0.2, 0.25) is 0 Å². The van der Waals surface area contributed by atoms with Gasteiger partial charge in [0, 0.05) is 36.8 Å². The Balaban J connectivity index is 1.82. The summed E-state index contributed by atoms with van der Waals surface area (Å²) in [6.45, 7) is 5.99. The lowest BCUT2D eigenvalue weighted by molar-refractivity contribution is -0.114. The average Bonchev–Trinajstić information content (AvgIpc) is 2.60. The first-order valence-corrected chi connectivity index (χ1v) is 8.38. The van der Waals surface area contributed by atoms with Crippen LogP contribution in [0, 0.1) is 13.8 Å². The molecule has 6 heteroatoms. The molecule has 6 nitrogen and oxygen atoms in total. The highest BCUT2D eigenvalue weighted by Gasteiger charge is 2.08. The van der Waals surface area contributed by atoms with Crippen molar-refractivity contribution in [3.63, 3.8) is 0 Å². The smallest absolute Gasteiger partial charge is 0.251 e. The van der Waals surface area contributed by atoms with Crippen LogP contribution < -0.4 is 16.0 Å². The largest absolute Gasteiger partial charge is 0.350 e. The number of benzene rings is 2. The lowest BCUT2D eigenvalue weighted by atomic mass is 10.1. The second-order valence-electron chi connectivity index (χ2n) is 6.07. The maximum absolute atomic E-state index is 12.1. The molecule has 0 fully saturated rings. The molecule has 3 amide bonds. The maximum atomic E-state index is 12.1. The van der Waals surface area contributed by atoms with Crippen LogP contribution in [0.4, 0.5) is 5.69 Å². The van der Waals surface area contributed by atoms with Gasteiger partial charge in [0.15, 0.2) is 0 Å². The number of anilines is 1. The predicted molar refractivity (Wildman–Crippen MR) is 101 cm³/mol. The van der Waals surface area contributed by atoms with Crippen molar-refractivity contribution in [2.75, 3.05) is 18.4 Å². The van der Waals surface area contributed by atoms with Crippen molar-refractivity contribution in [3.8, 4) is 0 Å². The molecule has 2 rings (SSSR count). The van der Waals surface area contributed by atoms with Crippen LogP contribution in [-0.2, 0) is 4.79 Å². The van der Waals surface area contributed by atoms with E-state index in [9.17, 15) is 14.4 Å². The third-order valence-corrected chi connectivity index (χ3v) is 3.91. The number of aryl methyl sites for hydroxylation is 2. The van der Waals surface area contributed by atoms with E-state index in [2.05, 4.69) is 16.0 Å². The van der Waals surface area contributed by atoms with E-state index in [-0.39, 0.29) is 17.7 Å². The predicted octanol–water partition coefficient (Wildman–Crippen LogP) is 2.42. The first kappa shape index (κ1) is 19.2. The fraction of sp³-hybridized carbons (Fsp3) is 0.250. The first-order valence-electron chi connectivity index (χ1n) is 8.38. The molecule has 0 spiro atoms. The van der Waals surface area contributed by atoms with Crippen LogP contribution in [-0.4, -0.2) is 30.8 Å². The van der Waals surface area contributed by atoms with E-state index in [0.717, 1.165) is 11.1 Å². The zero-order valence-electron chi connectivity index (χ0n) is 15.2. The summed E-state index contributed by atoms with van der Waals surface area (Å²) >= 11 is 0. The second-order valence-corrected chi connectivity index (χ2v) is 6.07. The van der Waals surface area contributed by atoms with Crippen LogP contribution >= 0.6 is 0 Å². The van der Waals surface area contributed by atoms with Gasteiger partial charge in [-0.1, -0.05) is 12.1 Å². The molecule has 3 N–H and O–H groups in total. The lowest BCUT2D eigenvalue weighted by Gasteiger charge is -2.09. The summed E-state index contributed by atoms with van der Waals surface area (Å²) in [4.78, 5) is 35.3. The third-order valence-electron chi connectivity index (χ3n) is 3.91. The summed E-state index contributed by atoms with van der Waals surface area (Å²) in [5, 5.41) is 8.15. The number of amides is 3. The zero-order valence-corrected chi connectivity index (χ0v) is 15.2. The SMILES string of the molecule is CC(=O)Nc1cccc(C(=O)NCCNC(=O)c2ccc(C)c(C)c2)c1. The normalized spacial score (nSPS) is 10.1. The summed E-state index contributed by atoms with van der Waals surface area (Å²) in [6, 6.07) is 12.2. The van der Waals surface area contributed by atoms with Gasteiger partial charge in [0.05, 0.1) is 0 Å². The molecule has 0 unspecified atom stereocenters. The molecule has 0 aliphatic carbocycles.